The molecule has 4 amide bonds. The molecule has 50 heavy (non-hydrogen) atoms. The number of fused-ring (bicyclic) bond motifs is 5. The molecule has 0 bridgehead atoms. The van der Waals surface area contributed by atoms with Crippen LogP contribution in [0.1, 0.15) is 43.7 Å². The van der Waals surface area contributed by atoms with Gasteiger partial charge >= 0.3 is 0 Å². The molecule has 2 aromatic carbocycles. The molecule has 13 heteroatoms. The van der Waals surface area contributed by atoms with Gasteiger partial charge in [-0.2, -0.15) is 5.10 Å². The van der Waals surface area contributed by atoms with E-state index in [1.165, 1.54) is 16.9 Å². The molecule has 2 aliphatic heterocycles. The lowest BCUT2D eigenvalue weighted by atomic mass is 9.51. The van der Waals surface area contributed by atoms with Crippen molar-refractivity contribution in [2.24, 2.45) is 36.1 Å². The van der Waals surface area contributed by atoms with Gasteiger partial charge in [-0.05, 0) is 86.4 Å². The molecule has 4 aromatic rings. The van der Waals surface area contributed by atoms with Gasteiger partial charge in [0.1, 0.15) is 11.5 Å². The topological polar surface area (TPSA) is 122 Å². The molecule has 4 heterocycles. The number of carbonyl (C=O) groups excluding carboxylic acids is 4. The number of benzene rings is 2. The average Bonchev–Trinajstić information content (AvgIpc) is 3.75. The quantitative estimate of drug-likeness (QED) is 0.175. The highest BCUT2D eigenvalue weighted by atomic mass is 35.5. The predicted octanol–water partition coefficient (Wildman–Crippen LogP) is 6.88. The molecule has 4 aliphatic rings. The average molecular weight is 734 g/mol. The second-order valence-electron chi connectivity index (χ2n) is 13.8. The van der Waals surface area contributed by atoms with E-state index in [2.05, 4.69) is 0 Å². The number of phenolic OH excluding ortho intramolecular Hbond substituents is 1. The summed E-state index contributed by atoms with van der Waals surface area (Å²) >= 11 is 14.4. The highest BCUT2D eigenvalue weighted by Gasteiger charge is 2.68. The number of methoxy groups -OCH3 is 1. The van der Waals surface area contributed by atoms with E-state index in [9.17, 15) is 19.5 Å². The minimum Gasteiger partial charge on any atom is -0.503 e. The van der Waals surface area contributed by atoms with Crippen molar-refractivity contribution in [3.63, 3.8) is 0 Å². The first-order valence-corrected chi connectivity index (χ1v) is 18.1. The fourth-order valence-electron chi connectivity index (χ4n) is 9.12. The number of aromatic hydroxyl groups is 1. The molecule has 2 saturated heterocycles. The molecule has 2 aliphatic carbocycles. The third-order valence-electron chi connectivity index (χ3n) is 11.5. The van der Waals surface area contributed by atoms with Gasteiger partial charge in [0.25, 0.3) is 0 Å². The van der Waals surface area contributed by atoms with Gasteiger partial charge in [-0.25, -0.2) is 4.90 Å². The number of aromatic nitrogens is 2. The van der Waals surface area contributed by atoms with Crippen LogP contribution in [0.2, 0.25) is 10.0 Å². The Kier molecular flexibility index (Phi) is 7.53. The molecule has 2 aromatic heterocycles. The summed E-state index contributed by atoms with van der Waals surface area (Å²) in [4.78, 5) is 60.3. The van der Waals surface area contributed by atoms with Gasteiger partial charge in [-0.15, -0.1) is 11.3 Å². The van der Waals surface area contributed by atoms with Crippen molar-refractivity contribution in [1.82, 2.24) is 14.7 Å². The molecular formula is C37H34Cl2N4O6S. The van der Waals surface area contributed by atoms with E-state index in [0.717, 1.165) is 26.1 Å². The standard InChI is InChI=1S/C37H34Cl2N4O6S/c1-6-42-33(45)20-9-8-19-22(29(20)35(42)47)14-23-34(46)43(36(48)37(23,3)30(19)17-11-24(39)31(44)26(12-17)49-5)28-15-25(40-41(28)4)32-16(2)21-13-18(38)7-10-27(21)50-32/h7-8,10-13,15,20,22-23,29-30,44H,6,9,14H2,1-5H3/t20-,22+,23-,29-,30-,37+/m0/s1. The Morgan fingerprint density at radius 3 is 2.54 bits per heavy atom. The highest BCUT2D eigenvalue weighted by Crippen LogP contribution is 2.64. The molecule has 8 rings (SSSR count). The minimum atomic E-state index is -1.30. The molecule has 10 nitrogen and oxygen atoms in total. The van der Waals surface area contributed by atoms with E-state index in [4.69, 9.17) is 33.0 Å². The van der Waals surface area contributed by atoms with Crippen LogP contribution in [0.3, 0.4) is 0 Å². The number of nitrogens with zero attached hydrogens (tertiary/aromatic N) is 4. The van der Waals surface area contributed by atoms with E-state index < -0.39 is 40.9 Å². The van der Waals surface area contributed by atoms with Gasteiger partial charge in [0.2, 0.25) is 23.6 Å². The van der Waals surface area contributed by atoms with Crippen molar-refractivity contribution < 1.29 is 29.0 Å². The van der Waals surface area contributed by atoms with Gasteiger partial charge < -0.3 is 9.84 Å². The molecule has 258 valence electrons. The maximum atomic E-state index is 15.0. The Morgan fingerprint density at radius 2 is 1.82 bits per heavy atom. The van der Waals surface area contributed by atoms with Crippen LogP contribution < -0.4 is 9.64 Å². The van der Waals surface area contributed by atoms with E-state index in [1.54, 1.807) is 55.1 Å². The van der Waals surface area contributed by atoms with E-state index in [-0.39, 0.29) is 47.2 Å². The van der Waals surface area contributed by atoms with Crippen LogP contribution in [0, 0.1) is 36.0 Å². The SMILES string of the molecule is CCN1C(=O)[C@H]2[C@H](CC=C3[C@H]2C[C@H]2C(=O)N(c4cc(-c5sc6ccc(Cl)cc6c5C)nn4C)C(=O)[C@@]2(C)[C@H]3c2cc(Cl)c(O)c(OC)c2)C1=O. The molecule has 0 radical (unpaired) electrons. The second kappa shape index (κ2) is 11.4. The lowest BCUT2D eigenvalue weighted by Crippen LogP contribution is -2.48. The summed E-state index contributed by atoms with van der Waals surface area (Å²) in [6.07, 6.45) is 2.55. The Hall–Kier alpha value is -4.19. The summed E-state index contributed by atoms with van der Waals surface area (Å²) < 4.78 is 8.06. The molecule has 0 spiro atoms. The number of phenols is 1. The summed E-state index contributed by atoms with van der Waals surface area (Å²) in [6.45, 7) is 5.85. The van der Waals surface area contributed by atoms with Crippen LogP contribution in [-0.4, -0.2) is 57.1 Å². The number of ether oxygens (including phenoxy) is 1. The Morgan fingerprint density at radius 1 is 1.06 bits per heavy atom. The number of halogens is 2. The number of anilines is 1. The number of hydrogen-bond acceptors (Lipinski definition) is 8. The molecule has 1 saturated carbocycles. The summed E-state index contributed by atoms with van der Waals surface area (Å²) in [6, 6.07) is 10.7. The van der Waals surface area contributed by atoms with Crippen LogP contribution in [0.25, 0.3) is 20.7 Å². The Labute approximate surface area is 302 Å². The number of imide groups is 2. The first-order valence-electron chi connectivity index (χ1n) is 16.5. The van der Waals surface area contributed by atoms with Gasteiger partial charge in [0, 0.05) is 35.3 Å². The number of carbonyl (C=O) groups is 4. The first-order chi connectivity index (χ1) is 23.8. The lowest BCUT2D eigenvalue weighted by molar-refractivity contribution is -0.140. The maximum Gasteiger partial charge on any atom is 0.242 e. The zero-order valence-corrected chi connectivity index (χ0v) is 30.3. The third kappa shape index (κ3) is 4.35. The molecule has 0 unspecified atom stereocenters. The number of thiophene rings is 1. The van der Waals surface area contributed by atoms with Crippen LogP contribution in [0.5, 0.6) is 11.5 Å². The van der Waals surface area contributed by atoms with Gasteiger partial charge in [0.05, 0.1) is 40.2 Å². The number of likely N-dealkylation sites (tertiary alicyclic amines) is 1. The summed E-state index contributed by atoms with van der Waals surface area (Å²) in [5.74, 6) is -4.19. The van der Waals surface area contributed by atoms with Crippen LogP contribution in [0.4, 0.5) is 5.82 Å². The second-order valence-corrected chi connectivity index (χ2v) is 15.7. The van der Waals surface area contributed by atoms with Crippen molar-refractivity contribution >= 4 is 74.1 Å². The smallest absolute Gasteiger partial charge is 0.242 e. The first kappa shape index (κ1) is 33.0. The van der Waals surface area contributed by atoms with Crippen molar-refractivity contribution in [2.45, 2.75) is 39.5 Å². The van der Waals surface area contributed by atoms with E-state index >= 15 is 4.79 Å². The van der Waals surface area contributed by atoms with E-state index in [0.29, 0.717) is 28.5 Å². The fourth-order valence-corrected chi connectivity index (χ4v) is 10.7. The van der Waals surface area contributed by atoms with Crippen molar-refractivity contribution in [1.29, 1.82) is 0 Å². The van der Waals surface area contributed by atoms with Gasteiger partial charge in [0.15, 0.2) is 11.5 Å². The lowest BCUT2D eigenvalue weighted by Gasteiger charge is -2.49. The number of rotatable bonds is 5. The van der Waals surface area contributed by atoms with E-state index in [1.807, 2.05) is 31.2 Å². The van der Waals surface area contributed by atoms with Crippen LogP contribution in [-0.2, 0) is 26.2 Å². The van der Waals surface area contributed by atoms with Crippen molar-refractivity contribution in [3.8, 4) is 22.1 Å². The summed E-state index contributed by atoms with van der Waals surface area (Å²) in [7, 11) is 3.12. The monoisotopic (exact) mass is 732 g/mol. The number of aryl methyl sites for hydroxylation is 2. The zero-order chi connectivity index (χ0) is 35.5. The highest BCUT2D eigenvalue weighted by molar-refractivity contribution is 7.22. The van der Waals surface area contributed by atoms with Crippen molar-refractivity contribution in [3.05, 3.63) is 69.2 Å². The third-order valence-corrected chi connectivity index (χ3v) is 13.3. The molecule has 3 fully saturated rings. The summed E-state index contributed by atoms with van der Waals surface area (Å²) in [5.41, 5.74) is 1.71. The minimum absolute atomic E-state index is 0.0325. The van der Waals surface area contributed by atoms with Gasteiger partial charge in [-0.3, -0.25) is 28.8 Å². The number of allylic oxidation sites excluding steroid dienone is 2. The zero-order valence-electron chi connectivity index (χ0n) is 28.0. The fraction of sp³-hybridized carbons (Fsp3) is 0.378. The summed E-state index contributed by atoms with van der Waals surface area (Å²) in [5, 5.41) is 17.1. The Balaban J connectivity index is 1.27. The van der Waals surface area contributed by atoms with Crippen LogP contribution >= 0.6 is 34.5 Å². The van der Waals surface area contributed by atoms with Crippen molar-refractivity contribution in [2.75, 3.05) is 18.6 Å². The number of amides is 4. The molecule has 6 atom stereocenters. The maximum absolute atomic E-state index is 15.0. The molecule has 1 N–H and O–H groups in total. The predicted molar refractivity (Wildman–Crippen MR) is 190 cm³/mol. The molecular weight excluding hydrogens is 699 g/mol. The van der Waals surface area contributed by atoms with Gasteiger partial charge in [-0.1, -0.05) is 34.9 Å². The Bertz CT molecular complexity index is 2230. The van der Waals surface area contributed by atoms with Crippen LogP contribution in [0.15, 0.2) is 48.0 Å². The number of hydrogen-bond donors (Lipinski definition) is 1. The largest absolute Gasteiger partial charge is 0.503 e. The normalized spacial score (nSPS) is 27.6.